The summed E-state index contributed by atoms with van der Waals surface area (Å²) >= 11 is 0. The Labute approximate surface area is 151 Å². The first-order chi connectivity index (χ1) is 12.5. The number of hydrogen-bond donors (Lipinski definition) is 1. The predicted octanol–water partition coefficient (Wildman–Crippen LogP) is 1.50. The summed E-state index contributed by atoms with van der Waals surface area (Å²) in [6.07, 6.45) is 1.67. The molecule has 1 aliphatic rings. The van der Waals surface area contributed by atoms with Gasteiger partial charge in [-0.15, -0.1) is 0 Å². The van der Waals surface area contributed by atoms with Gasteiger partial charge in [-0.25, -0.2) is 0 Å². The molecule has 1 fully saturated rings. The maximum atomic E-state index is 13.0. The van der Waals surface area contributed by atoms with Gasteiger partial charge < -0.3 is 29.0 Å². The van der Waals surface area contributed by atoms with Crippen molar-refractivity contribution in [1.82, 2.24) is 14.8 Å². The van der Waals surface area contributed by atoms with E-state index in [1.54, 1.807) is 36.1 Å². The Hall–Kier alpha value is -2.90. The molecule has 2 amide bonds. The minimum atomic E-state index is -0.107. The predicted molar refractivity (Wildman–Crippen MR) is 96.1 cm³/mol. The van der Waals surface area contributed by atoms with Gasteiger partial charge in [-0.1, -0.05) is 0 Å². The number of hydrogen-bond acceptors (Lipinski definition) is 5. The Kier molecular flexibility index (Phi) is 4.92. The summed E-state index contributed by atoms with van der Waals surface area (Å²) in [6.45, 7) is 3.62. The van der Waals surface area contributed by atoms with E-state index >= 15 is 0 Å². The minimum absolute atomic E-state index is 0.0303. The number of carbonyl (C=O) groups excluding carboxylic acids is 2. The maximum absolute atomic E-state index is 13.0. The van der Waals surface area contributed by atoms with Gasteiger partial charge in [0.15, 0.2) is 11.5 Å². The number of benzene rings is 1. The van der Waals surface area contributed by atoms with Gasteiger partial charge in [-0.05, 0) is 0 Å². The van der Waals surface area contributed by atoms with E-state index in [0.717, 1.165) is 5.52 Å². The number of nitrogens with one attached hydrogen (secondary N) is 1. The third kappa shape index (κ3) is 2.91. The van der Waals surface area contributed by atoms with Crippen molar-refractivity contribution in [1.29, 1.82) is 0 Å². The molecule has 1 N–H and O–H groups in total. The van der Waals surface area contributed by atoms with Crippen LogP contribution >= 0.6 is 0 Å². The third-order valence-electron chi connectivity index (χ3n) is 4.71. The van der Waals surface area contributed by atoms with E-state index < -0.39 is 0 Å². The fraction of sp³-hybridized carbons (Fsp3) is 0.444. The van der Waals surface area contributed by atoms with Crippen LogP contribution in [0.25, 0.3) is 10.9 Å². The molecule has 0 aliphatic carbocycles. The molecule has 8 nitrogen and oxygen atoms in total. The summed E-state index contributed by atoms with van der Waals surface area (Å²) in [4.78, 5) is 31.1. The number of nitrogens with zero attached hydrogens (tertiary/aromatic N) is 2. The van der Waals surface area contributed by atoms with Crippen LogP contribution in [0.4, 0.5) is 0 Å². The fourth-order valence-corrected chi connectivity index (χ4v) is 3.32. The van der Waals surface area contributed by atoms with Crippen molar-refractivity contribution < 1.29 is 23.8 Å². The second kappa shape index (κ2) is 7.15. The highest BCUT2D eigenvalue weighted by molar-refractivity contribution is 6.10. The number of aromatic amines is 1. The number of carbonyl (C=O) groups is 2. The molecule has 0 saturated carbocycles. The van der Waals surface area contributed by atoms with E-state index in [2.05, 4.69) is 4.98 Å². The first-order valence-electron chi connectivity index (χ1n) is 8.36. The number of aromatic nitrogens is 1. The Morgan fingerprint density at radius 1 is 0.962 bits per heavy atom. The summed E-state index contributed by atoms with van der Waals surface area (Å²) in [5.41, 5.74) is 1.24. The molecule has 0 radical (unpaired) electrons. The van der Waals surface area contributed by atoms with Crippen molar-refractivity contribution in [2.24, 2.45) is 0 Å². The van der Waals surface area contributed by atoms with E-state index in [1.807, 2.05) is 0 Å². The maximum Gasteiger partial charge on any atom is 0.256 e. The quantitative estimate of drug-likeness (QED) is 0.892. The van der Waals surface area contributed by atoms with E-state index in [0.29, 0.717) is 54.4 Å². The molecule has 3 rings (SSSR count). The highest BCUT2D eigenvalue weighted by atomic mass is 16.5. The average Bonchev–Trinajstić information content (AvgIpc) is 3.09. The minimum Gasteiger partial charge on any atom is -0.493 e. The zero-order chi connectivity index (χ0) is 18.8. The standard InChI is InChI=1S/C18H23N3O5/c1-11(22)20-5-7-21(8-6-20)18(23)12-10-19-13-9-14(24-2)16(25-3)17(26-4)15(12)13/h9-10,19H,5-8H2,1-4H3. The lowest BCUT2D eigenvalue weighted by molar-refractivity contribution is -0.130. The summed E-state index contributed by atoms with van der Waals surface area (Å²) in [7, 11) is 4.61. The Balaban J connectivity index is 1.98. The second-order valence-electron chi connectivity index (χ2n) is 6.07. The molecule has 1 aliphatic heterocycles. The Bertz CT molecular complexity index is 837. The van der Waals surface area contributed by atoms with Gasteiger partial charge >= 0.3 is 0 Å². The fourth-order valence-electron chi connectivity index (χ4n) is 3.32. The normalized spacial score (nSPS) is 14.5. The van der Waals surface area contributed by atoms with Crippen LogP contribution in [0.5, 0.6) is 17.2 Å². The van der Waals surface area contributed by atoms with E-state index in [4.69, 9.17) is 14.2 Å². The number of ether oxygens (including phenoxy) is 3. The summed E-state index contributed by atoms with van der Waals surface area (Å²) in [5.74, 6) is 1.34. The van der Waals surface area contributed by atoms with Crippen LogP contribution in [0, 0.1) is 0 Å². The van der Waals surface area contributed by atoms with Gasteiger partial charge in [0.1, 0.15) is 0 Å². The highest BCUT2D eigenvalue weighted by Gasteiger charge is 2.28. The molecule has 0 unspecified atom stereocenters. The molecule has 1 saturated heterocycles. The molecule has 0 atom stereocenters. The van der Waals surface area contributed by atoms with Crippen LogP contribution in [-0.4, -0.2) is 74.1 Å². The van der Waals surface area contributed by atoms with Gasteiger partial charge in [0.25, 0.3) is 5.91 Å². The molecular weight excluding hydrogens is 338 g/mol. The summed E-state index contributed by atoms with van der Waals surface area (Å²) in [5, 5.41) is 0.657. The van der Waals surface area contributed by atoms with E-state index in [9.17, 15) is 9.59 Å². The van der Waals surface area contributed by atoms with Crippen molar-refractivity contribution in [3.05, 3.63) is 17.8 Å². The first-order valence-corrected chi connectivity index (χ1v) is 8.36. The van der Waals surface area contributed by atoms with Gasteiger partial charge in [0, 0.05) is 45.4 Å². The topological polar surface area (TPSA) is 84.1 Å². The smallest absolute Gasteiger partial charge is 0.256 e. The van der Waals surface area contributed by atoms with Gasteiger partial charge in [-0.2, -0.15) is 0 Å². The average molecular weight is 361 g/mol. The molecule has 0 spiro atoms. The number of rotatable bonds is 4. The van der Waals surface area contributed by atoms with Crippen LogP contribution in [0.3, 0.4) is 0 Å². The molecule has 26 heavy (non-hydrogen) atoms. The zero-order valence-corrected chi connectivity index (χ0v) is 15.4. The van der Waals surface area contributed by atoms with Crippen LogP contribution in [-0.2, 0) is 4.79 Å². The van der Waals surface area contributed by atoms with Gasteiger partial charge in [-0.3, -0.25) is 9.59 Å². The zero-order valence-electron chi connectivity index (χ0n) is 15.4. The SMILES string of the molecule is COc1cc2[nH]cc(C(=O)N3CCN(C(C)=O)CC3)c2c(OC)c1OC. The monoisotopic (exact) mass is 361 g/mol. The van der Waals surface area contributed by atoms with Crippen LogP contribution < -0.4 is 14.2 Å². The van der Waals surface area contributed by atoms with Crippen LogP contribution in [0.2, 0.25) is 0 Å². The van der Waals surface area contributed by atoms with Crippen molar-refractivity contribution >= 4 is 22.7 Å². The third-order valence-corrected chi connectivity index (χ3v) is 4.71. The lowest BCUT2D eigenvalue weighted by atomic mass is 10.1. The van der Waals surface area contributed by atoms with Crippen molar-refractivity contribution in [3.63, 3.8) is 0 Å². The number of methoxy groups -OCH3 is 3. The van der Waals surface area contributed by atoms with Crippen molar-refractivity contribution in [3.8, 4) is 17.2 Å². The first kappa shape index (κ1) is 17.9. The van der Waals surface area contributed by atoms with Crippen LogP contribution in [0.1, 0.15) is 17.3 Å². The largest absolute Gasteiger partial charge is 0.493 e. The second-order valence-corrected chi connectivity index (χ2v) is 6.07. The van der Waals surface area contributed by atoms with Gasteiger partial charge in [0.2, 0.25) is 11.7 Å². The number of fused-ring (bicyclic) bond motifs is 1. The van der Waals surface area contributed by atoms with Crippen molar-refractivity contribution in [2.45, 2.75) is 6.92 Å². The Morgan fingerprint density at radius 2 is 1.58 bits per heavy atom. The highest BCUT2D eigenvalue weighted by Crippen LogP contribution is 2.44. The Morgan fingerprint density at radius 3 is 2.12 bits per heavy atom. The lowest BCUT2D eigenvalue weighted by Gasteiger charge is -2.34. The molecule has 8 heteroatoms. The molecular formula is C18H23N3O5. The molecule has 0 bridgehead atoms. The lowest BCUT2D eigenvalue weighted by Crippen LogP contribution is -2.50. The molecule has 2 aromatic rings. The molecule has 2 heterocycles. The van der Waals surface area contributed by atoms with Crippen LogP contribution in [0.15, 0.2) is 12.3 Å². The molecule has 140 valence electrons. The molecule has 1 aromatic carbocycles. The summed E-state index contributed by atoms with van der Waals surface area (Å²) < 4.78 is 16.3. The number of piperazine rings is 1. The number of amides is 2. The van der Waals surface area contributed by atoms with E-state index in [1.165, 1.54) is 14.2 Å². The molecule has 1 aromatic heterocycles. The van der Waals surface area contributed by atoms with Gasteiger partial charge in [0.05, 0.1) is 37.8 Å². The van der Waals surface area contributed by atoms with E-state index in [-0.39, 0.29) is 11.8 Å². The van der Waals surface area contributed by atoms with Crippen molar-refractivity contribution in [2.75, 3.05) is 47.5 Å². The summed E-state index contributed by atoms with van der Waals surface area (Å²) in [6, 6.07) is 1.78. The number of H-pyrrole nitrogens is 1.